The summed E-state index contributed by atoms with van der Waals surface area (Å²) in [5, 5.41) is 0.906. The van der Waals surface area contributed by atoms with Gasteiger partial charge in [0.1, 0.15) is 11.4 Å². The van der Waals surface area contributed by atoms with Crippen molar-refractivity contribution in [3.63, 3.8) is 0 Å². The van der Waals surface area contributed by atoms with E-state index >= 15 is 0 Å². The number of aryl methyl sites for hydroxylation is 2. The molecule has 4 nitrogen and oxygen atoms in total. The molecule has 0 radical (unpaired) electrons. The normalized spacial score (nSPS) is 16.5. The zero-order chi connectivity index (χ0) is 20.5. The van der Waals surface area contributed by atoms with Crippen LogP contribution in [-0.4, -0.2) is 17.4 Å². The molecule has 0 saturated carbocycles. The van der Waals surface area contributed by atoms with Gasteiger partial charge >= 0.3 is 5.63 Å². The predicted octanol–water partition coefficient (Wildman–Crippen LogP) is 4.85. The van der Waals surface area contributed by atoms with Crippen molar-refractivity contribution in [3.05, 3.63) is 81.0 Å². The molecule has 1 atom stereocenters. The quantitative estimate of drug-likeness (QED) is 0.596. The first kappa shape index (κ1) is 19.4. The minimum absolute atomic E-state index is 0.0135. The average Bonchev–Trinajstić information content (AvgIpc) is 3.18. The van der Waals surface area contributed by atoms with Gasteiger partial charge in [0.15, 0.2) is 0 Å². The molecule has 150 valence electrons. The van der Waals surface area contributed by atoms with Crippen molar-refractivity contribution in [2.45, 2.75) is 45.6 Å². The van der Waals surface area contributed by atoms with Gasteiger partial charge in [0.2, 0.25) is 5.91 Å². The number of fused-ring (bicyclic) bond motifs is 1. The molecule has 1 fully saturated rings. The number of benzene rings is 2. The molecule has 29 heavy (non-hydrogen) atoms. The number of rotatable bonds is 4. The lowest BCUT2D eigenvalue weighted by Gasteiger charge is -2.25. The molecule has 4 rings (SSSR count). The van der Waals surface area contributed by atoms with Crippen LogP contribution in [-0.2, 0) is 11.2 Å². The third kappa shape index (κ3) is 3.82. The van der Waals surface area contributed by atoms with Crippen molar-refractivity contribution >= 4 is 16.9 Å². The number of likely N-dealkylation sites (tertiary alicyclic amines) is 1. The maximum absolute atomic E-state index is 13.2. The Labute approximate surface area is 169 Å². The number of halogens is 1. The van der Waals surface area contributed by atoms with Gasteiger partial charge in [0, 0.05) is 23.9 Å². The van der Waals surface area contributed by atoms with Crippen molar-refractivity contribution in [3.8, 4) is 0 Å². The van der Waals surface area contributed by atoms with E-state index in [9.17, 15) is 14.0 Å². The topological polar surface area (TPSA) is 50.5 Å². The maximum Gasteiger partial charge on any atom is 0.339 e. The number of amides is 1. The smallest absolute Gasteiger partial charge is 0.339 e. The number of carbonyl (C=O) groups excluding carboxylic acids is 1. The largest absolute Gasteiger partial charge is 0.423 e. The molecule has 5 heteroatoms. The van der Waals surface area contributed by atoms with Crippen LogP contribution in [0.15, 0.2) is 51.7 Å². The van der Waals surface area contributed by atoms with Crippen LogP contribution in [0, 0.1) is 19.7 Å². The third-order valence-corrected chi connectivity index (χ3v) is 5.86. The van der Waals surface area contributed by atoms with Crippen LogP contribution >= 0.6 is 0 Å². The van der Waals surface area contributed by atoms with Gasteiger partial charge in [-0.3, -0.25) is 4.79 Å². The van der Waals surface area contributed by atoms with Crippen molar-refractivity contribution < 1.29 is 13.6 Å². The van der Waals surface area contributed by atoms with E-state index in [1.54, 1.807) is 12.1 Å². The molecule has 3 aromatic rings. The van der Waals surface area contributed by atoms with E-state index in [0.29, 0.717) is 24.1 Å². The minimum Gasteiger partial charge on any atom is -0.423 e. The van der Waals surface area contributed by atoms with Crippen LogP contribution in [0.25, 0.3) is 11.0 Å². The fourth-order valence-electron chi connectivity index (χ4n) is 4.26. The fourth-order valence-corrected chi connectivity index (χ4v) is 4.26. The monoisotopic (exact) mass is 393 g/mol. The summed E-state index contributed by atoms with van der Waals surface area (Å²) < 4.78 is 18.7. The van der Waals surface area contributed by atoms with Crippen LogP contribution in [0.1, 0.15) is 47.6 Å². The van der Waals surface area contributed by atoms with Crippen LogP contribution in [0.4, 0.5) is 4.39 Å². The Hall–Kier alpha value is -2.95. The zero-order valence-corrected chi connectivity index (χ0v) is 16.7. The summed E-state index contributed by atoms with van der Waals surface area (Å²) in [7, 11) is 0. The summed E-state index contributed by atoms with van der Waals surface area (Å²) in [6.07, 6.45) is 2.39. The van der Waals surface area contributed by atoms with Gasteiger partial charge in [-0.2, -0.15) is 0 Å². The van der Waals surface area contributed by atoms with E-state index in [-0.39, 0.29) is 29.8 Å². The first-order valence-corrected chi connectivity index (χ1v) is 10.0. The number of hydrogen-bond donors (Lipinski definition) is 0. The second kappa shape index (κ2) is 7.82. The van der Waals surface area contributed by atoms with Gasteiger partial charge in [-0.15, -0.1) is 0 Å². The molecular formula is C24H24FNO3. The molecule has 1 aromatic heterocycles. The number of nitrogens with zero attached hydrogens (tertiary/aromatic N) is 1. The highest BCUT2D eigenvalue weighted by molar-refractivity contribution is 5.82. The molecular weight excluding hydrogens is 369 g/mol. The second-order valence-electron chi connectivity index (χ2n) is 7.79. The Morgan fingerprint density at radius 1 is 1.17 bits per heavy atom. The van der Waals surface area contributed by atoms with E-state index in [1.165, 1.54) is 12.1 Å². The van der Waals surface area contributed by atoms with E-state index in [0.717, 1.165) is 34.9 Å². The molecule has 1 saturated heterocycles. The van der Waals surface area contributed by atoms with Crippen molar-refractivity contribution in [2.24, 2.45) is 0 Å². The Bertz CT molecular complexity index is 1120. The Kier molecular flexibility index (Phi) is 5.22. The first-order chi connectivity index (χ1) is 13.9. The number of hydrogen-bond acceptors (Lipinski definition) is 3. The summed E-state index contributed by atoms with van der Waals surface area (Å²) >= 11 is 0. The van der Waals surface area contributed by atoms with E-state index in [4.69, 9.17) is 4.42 Å². The number of carbonyl (C=O) groups is 1. The van der Waals surface area contributed by atoms with Gasteiger partial charge in [-0.25, -0.2) is 9.18 Å². The lowest BCUT2D eigenvalue weighted by atomic mass is 10.0. The molecule has 0 aliphatic carbocycles. The molecule has 0 bridgehead atoms. The van der Waals surface area contributed by atoms with Gasteiger partial charge in [-0.1, -0.05) is 24.3 Å². The highest BCUT2D eigenvalue weighted by Crippen LogP contribution is 2.32. The molecule has 2 aromatic carbocycles. The van der Waals surface area contributed by atoms with Gasteiger partial charge in [0.05, 0.1) is 6.04 Å². The zero-order valence-electron chi connectivity index (χ0n) is 16.7. The molecule has 1 aliphatic heterocycles. The Morgan fingerprint density at radius 2 is 1.93 bits per heavy atom. The summed E-state index contributed by atoms with van der Waals surface area (Å²) in [4.78, 5) is 27.3. The van der Waals surface area contributed by atoms with Gasteiger partial charge in [0.25, 0.3) is 0 Å². The van der Waals surface area contributed by atoms with E-state index < -0.39 is 0 Å². The summed E-state index contributed by atoms with van der Waals surface area (Å²) in [6, 6.07) is 12.1. The second-order valence-corrected chi connectivity index (χ2v) is 7.79. The summed E-state index contributed by atoms with van der Waals surface area (Å²) in [6.45, 7) is 4.55. The Morgan fingerprint density at radius 3 is 2.69 bits per heavy atom. The standard InChI is InChI=1S/C24H24FNO3/c1-15-5-10-19-16(2)20(24(28)29-22(19)14-15)11-12-23(27)26-13-3-4-21(26)17-6-8-18(25)9-7-17/h5-10,14,21H,3-4,11-13H2,1-2H3/t21-/m0/s1. The third-order valence-electron chi connectivity index (χ3n) is 5.86. The van der Waals surface area contributed by atoms with Crippen LogP contribution in [0.3, 0.4) is 0 Å². The van der Waals surface area contributed by atoms with Crippen LogP contribution in [0.5, 0.6) is 0 Å². The molecule has 0 unspecified atom stereocenters. The molecule has 0 spiro atoms. The van der Waals surface area contributed by atoms with Gasteiger partial charge < -0.3 is 9.32 Å². The van der Waals surface area contributed by atoms with E-state index in [1.807, 2.05) is 36.9 Å². The lowest BCUT2D eigenvalue weighted by molar-refractivity contribution is -0.132. The average molecular weight is 393 g/mol. The van der Waals surface area contributed by atoms with Crippen molar-refractivity contribution in [1.29, 1.82) is 0 Å². The van der Waals surface area contributed by atoms with Crippen molar-refractivity contribution in [2.75, 3.05) is 6.54 Å². The molecule has 1 aliphatic rings. The van der Waals surface area contributed by atoms with Crippen LogP contribution in [0.2, 0.25) is 0 Å². The Balaban J connectivity index is 1.53. The maximum atomic E-state index is 13.2. The predicted molar refractivity (Wildman–Crippen MR) is 110 cm³/mol. The van der Waals surface area contributed by atoms with Gasteiger partial charge in [-0.05, 0) is 68.0 Å². The van der Waals surface area contributed by atoms with Crippen LogP contribution < -0.4 is 5.63 Å². The lowest BCUT2D eigenvalue weighted by Crippen LogP contribution is -2.31. The highest BCUT2D eigenvalue weighted by atomic mass is 19.1. The SMILES string of the molecule is Cc1ccc2c(C)c(CCC(=O)N3CCC[C@H]3c3ccc(F)cc3)c(=O)oc2c1. The highest BCUT2D eigenvalue weighted by Gasteiger charge is 2.29. The fraction of sp³-hybridized carbons (Fsp3) is 0.333. The van der Waals surface area contributed by atoms with Crippen molar-refractivity contribution in [1.82, 2.24) is 4.90 Å². The first-order valence-electron chi connectivity index (χ1n) is 10.0. The minimum atomic E-state index is -0.370. The molecule has 2 heterocycles. The van der Waals surface area contributed by atoms with E-state index in [2.05, 4.69) is 0 Å². The summed E-state index contributed by atoms with van der Waals surface area (Å²) in [5.41, 5.74) is 3.63. The molecule has 0 N–H and O–H groups in total. The summed E-state index contributed by atoms with van der Waals surface area (Å²) in [5.74, 6) is -0.266. The molecule has 1 amide bonds.